The van der Waals surface area contributed by atoms with Crippen LogP contribution in [0.25, 0.3) is 0 Å². The molecule has 3 aliphatic rings. The molecule has 14 heavy (non-hydrogen) atoms. The second-order valence-electron chi connectivity index (χ2n) is 4.05. The molecule has 3 aliphatic carbocycles. The number of nitrogens with one attached hydrogen (secondary N) is 1. The van der Waals surface area contributed by atoms with E-state index in [1.54, 1.807) is 0 Å². The third-order valence-corrected chi connectivity index (χ3v) is 3.36. The van der Waals surface area contributed by atoms with Gasteiger partial charge >= 0.3 is 5.97 Å². The number of hydrazine groups is 1. The Morgan fingerprint density at radius 3 is 2.29 bits per heavy atom. The Hall–Kier alpha value is -0.0300. The zero-order valence-corrected chi connectivity index (χ0v) is 9.67. The molecule has 3 saturated carbocycles. The molecule has 0 radical (unpaired) electrons. The van der Waals surface area contributed by atoms with Crippen molar-refractivity contribution in [2.45, 2.75) is 31.2 Å². The Morgan fingerprint density at radius 1 is 1.36 bits per heavy atom. The summed E-state index contributed by atoms with van der Waals surface area (Å²) in [7, 11) is 1.45. The molecule has 0 unspecified atom stereocenters. The van der Waals surface area contributed by atoms with Crippen LogP contribution in [-0.4, -0.2) is 18.6 Å². The molecule has 4 nitrogen and oxygen atoms in total. The van der Waals surface area contributed by atoms with Gasteiger partial charge in [0.2, 0.25) is 0 Å². The molecule has 0 aromatic rings. The maximum absolute atomic E-state index is 11.3. The van der Waals surface area contributed by atoms with Crippen LogP contribution in [0.4, 0.5) is 0 Å². The maximum Gasteiger partial charge on any atom is 0.311 e. The highest BCUT2D eigenvalue weighted by Gasteiger charge is 2.64. The minimum absolute atomic E-state index is 0. The van der Waals surface area contributed by atoms with Crippen molar-refractivity contribution >= 4 is 30.8 Å². The van der Waals surface area contributed by atoms with Gasteiger partial charge in [-0.2, -0.15) is 0 Å². The van der Waals surface area contributed by atoms with Crippen molar-refractivity contribution in [1.29, 1.82) is 0 Å². The monoisotopic (exact) mass is 242 g/mol. The molecule has 0 spiro atoms. The molecule has 0 heterocycles. The van der Waals surface area contributed by atoms with E-state index in [2.05, 4.69) is 5.43 Å². The van der Waals surface area contributed by atoms with Crippen molar-refractivity contribution in [2.75, 3.05) is 7.11 Å². The Kier molecular flexibility index (Phi) is 4.22. The molecular formula is C8H16Cl2N2O2. The van der Waals surface area contributed by atoms with Gasteiger partial charge in [-0.15, -0.1) is 24.8 Å². The third-order valence-electron chi connectivity index (χ3n) is 3.36. The van der Waals surface area contributed by atoms with Crippen molar-refractivity contribution in [3.63, 3.8) is 0 Å². The Balaban J connectivity index is 0.000000845. The zero-order valence-electron chi connectivity index (χ0n) is 8.04. The van der Waals surface area contributed by atoms with E-state index in [1.807, 2.05) is 0 Å². The molecule has 0 saturated heterocycles. The van der Waals surface area contributed by atoms with Gasteiger partial charge in [-0.3, -0.25) is 16.1 Å². The number of halogens is 2. The summed E-state index contributed by atoms with van der Waals surface area (Å²) in [5, 5.41) is 0. The molecule has 2 bridgehead atoms. The van der Waals surface area contributed by atoms with E-state index in [1.165, 1.54) is 7.11 Å². The molecule has 3 fully saturated rings. The molecule has 0 amide bonds. The second-order valence-corrected chi connectivity index (χ2v) is 4.05. The summed E-state index contributed by atoms with van der Waals surface area (Å²) in [6.45, 7) is 0. The summed E-state index contributed by atoms with van der Waals surface area (Å²) in [4.78, 5) is 11.3. The van der Waals surface area contributed by atoms with Gasteiger partial charge in [0, 0.05) is 5.54 Å². The first kappa shape index (κ1) is 14.0. The quantitative estimate of drug-likeness (QED) is 0.427. The lowest BCUT2D eigenvalue weighted by atomic mass is 9.65. The first-order valence-electron chi connectivity index (χ1n) is 4.23. The Morgan fingerprint density at radius 2 is 1.93 bits per heavy atom. The van der Waals surface area contributed by atoms with Crippen LogP contribution in [0, 0.1) is 5.41 Å². The normalized spacial score (nSPS) is 37.6. The van der Waals surface area contributed by atoms with Crippen LogP contribution >= 0.6 is 24.8 Å². The number of hydrogen-bond acceptors (Lipinski definition) is 4. The number of hydrogen-bond donors (Lipinski definition) is 2. The van der Waals surface area contributed by atoms with Gasteiger partial charge in [0.05, 0.1) is 12.5 Å². The van der Waals surface area contributed by atoms with Gasteiger partial charge in [0.25, 0.3) is 0 Å². The number of methoxy groups -OCH3 is 1. The Bertz CT molecular complexity index is 229. The van der Waals surface area contributed by atoms with Crippen LogP contribution < -0.4 is 11.3 Å². The molecule has 0 aromatic heterocycles. The topological polar surface area (TPSA) is 64.3 Å². The molecule has 6 heteroatoms. The van der Waals surface area contributed by atoms with Gasteiger partial charge in [-0.25, -0.2) is 0 Å². The predicted octanol–water partition coefficient (Wildman–Crippen LogP) is 0.779. The molecular weight excluding hydrogens is 227 g/mol. The smallest absolute Gasteiger partial charge is 0.311 e. The lowest BCUT2D eigenvalue weighted by molar-refractivity contribution is -0.158. The fraction of sp³-hybridized carbons (Fsp3) is 0.875. The number of carbonyl (C=O) groups excluding carboxylic acids is 1. The van der Waals surface area contributed by atoms with E-state index in [-0.39, 0.29) is 41.7 Å². The number of ether oxygens (including phenoxy) is 1. The molecule has 0 aromatic carbocycles. The van der Waals surface area contributed by atoms with Gasteiger partial charge in [0.15, 0.2) is 0 Å². The van der Waals surface area contributed by atoms with Gasteiger partial charge in [-0.05, 0) is 25.7 Å². The standard InChI is InChI=1S/C8H14N2O2.2ClH/c1-12-6(11)7-2-3-8(4-7,5-7)10-9;;/h10H,2-5,9H2,1H3;2*1H. The van der Waals surface area contributed by atoms with E-state index >= 15 is 0 Å². The number of fused-ring (bicyclic) bond motifs is 1. The number of rotatable bonds is 2. The van der Waals surface area contributed by atoms with Crippen molar-refractivity contribution < 1.29 is 9.53 Å². The summed E-state index contributed by atoms with van der Waals surface area (Å²) in [6, 6.07) is 0. The first-order valence-corrected chi connectivity index (χ1v) is 4.23. The number of nitrogens with two attached hydrogens (primary N) is 1. The molecule has 3 rings (SSSR count). The SMILES string of the molecule is COC(=O)C12CCC(NN)(C1)C2.Cl.Cl. The zero-order chi connectivity index (χ0) is 8.82. The highest BCUT2D eigenvalue weighted by molar-refractivity contribution is 5.85. The Labute approximate surface area is 95.7 Å². The summed E-state index contributed by atoms with van der Waals surface area (Å²) < 4.78 is 4.76. The minimum atomic E-state index is -0.193. The van der Waals surface area contributed by atoms with Crippen LogP contribution in [0.5, 0.6) is 0 Å². The summed E-state index contributed by atoms with van der Waals surface area (Å²) in [5.41, 5.74) is 2.66. The summed E-state index contributed by atoms with van der Waals surface area (Å²) in [5.74, 6) is 5.34. The molecule has 3 N–H and O–H groups in total. The van der Waals surface area contributed by atoms with E-state index < -0.39 is 0 Å². The van der Waals surface area contributed by atoms with Gasteiger partial charge < -0.3 is 4.74 Å². The molecule has 0 aliphatic heterocycles. The maximum atomic E-state index is 11.3. The van der Waals surface area contributed by atoms with Crippen LogP contribution in [0.3, 0.4) is 0 Å². The summed E-state index contributed by atoms with van der Waals surface area (Å²) >= 11 is 0. The highest BCUT2D eigenvalue weighted by atomic mass is 35.5. The third kappa shape index (κ3) is 1.60. The van der Waals surface area contributed by atoms with Crippen molar-refractivity contribution in [3.05, 3.63) is 0 Å². The molecule has 0 atom stereocenters. The van der Waals surface area contributed by atoms with Crippen LogP contribution in [0.1, 0.15) is 25.7 Å². The van der Waals surface area contributed by atoms with Gasteiger partial charge in [0.1, 0.15) is 0 Å². The predicted molar refractivity (Wildman–Crippen MR) is 57.5 cm³/mol. The first-order chi connectivity index (χ1) is 5.66. The van der Waals surface area contributed by atoms with Crippen LogP contribution in [0.15, 0.2) is 0 Å². The lowest BCUT2D eigenvalue weighted by Crippen LogP contribution is -2.58. The van der Waals surface area contributed by atoms with E-state index in [0.717, 1.165) is 25.7 Å². The fourth-order valence-corrected chi connectivity index (χ4v) is 2.71. The second kappa shape index (κ2) is 4.23. The fourth-order valence-electron chi connectivity index (χ4n) is 2.71. The molecule has 84 valence electrons. The van der Waals surface area contributed by atoms with Crippen LogP contribution in [-0.2, 0) is 9.53 Å². The van der Waals surface area contributed by atoms with Crippen molar-refractivity contribution in [1.82, 2.24) is 5.43 Å². The highest BCUT2D eigenvalue weighted by Crippen LogP contribution is 2.61. The average molecular weight is 243 g/mol. The minimum Gasteiger partial charge on any atom is -0.469 e. The van der Waals surface area contributed by atoms with E-state index in [9.17, 15) is 4.79 Å². The van der Waals surface area contributed by atoms with Gasteiger partial charge in [-0.1, -0.05) is 0 Å². The number of esters is 1. The largest absolute Gasteiger partial charge is 0.469 e. The van der Waals surface area contributed by atoms with E-state index in [4.69, 9.17) is 10.6 Å². The number of carbonyl (C=O) groups is 1. The summed E-state index contributed by atoms with van der Waals surface area (Å²) in [6.07, 6.45) is 3.62. The van der Waals surface area contributed by atoms with E-state index in [0.29, 0.717) is 0 Å². The van der Waals surface area contributed by atoms with Crippen LogP contribution in [0.2, 0.25) is 0 Å². The van der Waals surface area contributed by atoms with Crippen molar-refractivity contribution in [2.24, 2.45) is 11.3 Å². The average Bonchev–Trinajstić information content (AvgIpc) is 2.57. The van der Waals surface area contributed by atoms with Crippen molar-refractivity contribution in [3.8, 4) is 0 Å². The lowest BCUT2D eigenvalue weighted by Gasteiger charge is -2.44.